The number of aryl methyl sites for hydroxylation is 1. The van der Waals surface area contributed by atoms with Gasteiger partial charge in [-0.15, -0.1) is 0 Å². The minimum Gasteiger partial charge on any atom is -0.492 e. The number of hydrogen-bond donors (Lipinski definition) is 0. The van der Waals surface area contributed by atoms with Gasteiger partial charge < -0.3 is 4.74 Å². The predicted octanol–water partition coefficient (Wildman–Crippen LogP) is 6.95. The summed E-state index contributed by atoms with van der Waals surface area (Å²) in [4.78, 5) is 16.4. The Morgan fingerprint density at radius 2 is 1.78 bits per heavy atom. The molecule has 6 rings (SSSR count). The number of hydrogen-bond acceptors (Lipinski definition) is 5. The standard InChI is InChI=1S/C30H27ClN4O/c1-20-6-7-21(31)17-25(20)28-18-26(24-5-4-11-33-30(24)34-28)22-8-9-29(27-19-32-12-10-23(22)27)36-16-15-35-13-2-3-14-35/h4-12,17-19H,2-3,13-16H2,1H3. The summed E-state index contributed by atoms with van der Waals surface area (Å²) in [6.07, 6.45) is 8.09. The van der Waals surface area contributed by atoms with E-state index in [0.717, 1.165) is 56.4 Å². The summed E-state index contributed by atoms with van der Waals surface area (Å²) in [5.41, 5.74) is 5.85. The summed E-state index contributed by atoms with van der Waals surface area (Å²) in [5, 5.41) is 3.79. The number of likely N-dealkylation sites (tertiary alicyclic amines) is 1. The fourth-order valence-corrected chi connectivity index (χ4v) is 5.28. The summed E-state index contributed by atoms with van der Waals surface area (Å²) in [6, 6.07) is 18.3. The van der Waals surface area contributed by atoms with Crippen LogP contribution in [0.1, 0.15) is 18.4 Å². The van der Waals surface area contributed by atoms with Gasteiger partial charge in [-0.3, -0.25) is 9.88 Å². The first-order valence-electron chi connectivity index (χ1n) is 12.4. The lowest BCUT2D eigenvalue weighted by Crippen LogP contribution is -2.25. The van der Waals surface area contributed by atoms with Crippen molar-refractivity contribution in [2.75, 3.05) is 26.2 Å². The maximum Gasteiger partial charge on any atom is 0.160 e. The number of ether oxygens (including phenoxy) is 1. The molecule has 0 saturated carbocycles. The average molecular weight is 495 g/mol. The molecule has 5 nitrogen and oxygen atoms in total. The lowest BCUT2D eigenvalue weighted by molar-refractivity contribution is 0.239. The highest BCUT2D eigenvalue weighted by atomic mass is 35.5. The molecular formula is C30H27ClN4O. The van der Waals surface area contributed by atoms with Crippen molar-refractivity contribution in [1.29, 1.82) is 0 Å². The fraction of sp³-hybridized carbons (Fsp3) is 0.233. The molecule has 1 fully saturated rings. The molecule has 2 aromatic carbocycles. The normalized spacial score (nSPS) is 14.1. The summed E-state index contributed by atoms with van der Waals surface area (Å²) >= 11 is 6.35. The average Bonchev–Trinajstić information content (AvgIpc) is 3.43. The van der Waals surface area contributed by atoms with Crippen molar-refractivity contribution in [3.63, 3.8) is 0 Å². The second-order valence-corrected chi connectivity index (χ2v) is 9.76. The largest absolute Gasteiger partial charge is 0.492 e. The molecular weight excluding hydrogens is 468 g/mol. The molecule has 36 heavy (non-hydrogen) atoms. The molecule has 1 aliphatic rings. The molecule has 180 valence electrons. The van der Waals surface area contributed by atoms with E-state index in [4.69, 9.17) is 21.3 Å². The number of pyridine rings is 3. The van der Waals surface area contributed by atoms with Crippen LogP contribution in [0.2, 0.25) is 5.02 Å². The van der Waals surface area contributed by atoms with Crippen LogP contribution in [0.15, 0.2) is 73.2 Å². The van der Waals surface area contributed by atoms with Gasteiger partial charge in [0.15, 0.2) is 5.65 Å². The number of fused-ring (bicyclic) bond motifs is 2. The topological polar surface area (TPSA) is 51.1 Å². The van der Waals surface area contributed by atoms with Crippen LogP contribution in [0.3, 0.4) is 0 Å². The van der Waals surface area contributed by atoms with E-state index < -0.39 is 0 Å². The molecule has 3 aromatic heterocycles. The Morgan fingerprint density at radius 1 is 0.889 bits per heavy atom. The number of benzene rings is 2. The molecule has 1 aliphatic heterocycles. The molecule has 0 spiro atoms. The first-order valence-corrected chi connectivity index (χ1v) is 12.8. The van der Waals surface area contributed by atoms with Gasteiger partial charge in [0.05, 0.1) is 5.69 Å². The van der Waals surface area contributed by atoms with Crippen LogP contribution >= 0.6 is 11.6 Å². The van der Waals surface area contributed by atoms with E-state index in [2.05, 4.69) is 52.1 Å². The van der Waals surface area contributed by atoms with Crippen molar-refractivity contribution in [2.24, 2.45) is 0 Å². The maximum atomic E-state index is 6.35. The third kappa shape index (κ3) is 4.41. The summed E-state index contributed by atoms with van der Waals surface area (Å²) in [6.45, 7) is 6.03. The van der Waals surface area contributed by atoms with Gasteiger partial charge in [-0.25, -0.2) is 9.97 Å². The van der Waals surface area contributed by atoms with Crippen molar-refractivity contribution in [1.82, 2.24) is 19.9 Å². The third-order valence-corrected chi connectivity index (χ3v) is 7.23. The van der Waals surface area contributed by atoms with E-state index in [1.807, 2.05) is 36.7 Å². The Bertz CT molecular complexity index is 1560. The monoisotopic (exact) mass is 494 g/mol. The van der Waals surface area contributed by atoms with Gasteiger partial charge in [-0.1, -0.05) is 23.7 Å². The van der Waals surface area contributed by atoms with Crippen LogP contribution < -0.4 is 4.74 Å². The zero-order valence-corrected chi connectivity index (χ0v) is 21.0. The Hall–Kier alpha value is -3.54. The first-order chi connectivity index (χ1) is 17.7. The number of halogens is 1. The minimum absolute atomic E-state index is 0.670. The highest BCUT2D eigenvalue weighted by Crippen LogP contribution is 2.39. The lowest BCUT2D eigenvalue weighted by atomic mass is 9.94. The minimum atomic E-state index is 0.670. The van der Waals surface area contributed by atoms with Crippen LogP contribution in [0, 0.1) is 6.92 Å². The highest BCUT2D eigenvalue weighted by molar-refractivity contribution is 6.30. The van der Waals surface area contributed by atoms with E-state index in [0.29, 0.717) is 17.3 Å². The third-order valence-electron chi connectivity index (χ3n) is 6.99. The smallest absolute Gasteiger partial charge is 0.160 e. The van der Waals surface area contributed by atoms with E-state index in [1.54, 1.807) is 6.20 Å². The Labute approximate surface area is 215 Å². The van der Waals surface area contributed by atoms with E-state index in [1.165, 1.54) is 25.9 Å². The Balaban J connectivity index is 1.46. The van der Waals surface area contributed by atoms with Crippen LogP contribution in [0.5, 0.6) is 5.75 Å². The molecule has 0 unspecified atom stereocenters. The Morgan fingerprint density at radius 3 is 2.67 bits per heavy atom. The number of nitrogens with zero attached hydrogens (tertiary/aromatic N) is 4. The molecule has 4 heterocycles. The second-order valence-electron chi connectivity index (χ2n) is 9.32. The molecule has 6 heteroatoms. The van der Waals surface area contributed by atoms with Gasteiger partial charge in [0.2, 0.25) is 0 Å². The van der Waals surface area contributed by atoms with Crippen LogP contribution in [0.25, 0.3) is 44.2 Å². The van der Waals surface area contributed by atoms with Gasteiger partial charge in [-0.2, -0.15) is 0 Å². The van der Waals surface area contributed by atoms with E-state index in [-0.39, 0.29) is 0 Å². The molecule has 0 atom stereocenters. The van der Waals surface area contributed by atoms with Crippen molar-refractivity contribution >= 4 is 33.4 Å². The molecule has 0 amide bonds. The summed E-state index contributed by atoms with van der Waals surface area (Å²) in [5.74, 6) is 0.864. The summed E-state index contributed by atoms with van der Waals surface area (Å²) < 4.78 is 6.26. The van der Waals surface area contributed by atoms with Crippen molar-refractivity contribution in [3.05, 3.63) is 83.8 Å². The molecule has 0 N–H and O–H groups in total. The molecule has 0 bridgehead atoms. The van der Waals surface area contributed by atoms with Crippen LogP contribution in [0.4, 0.5) is 0 Å². The first kappa shape index (κ1) is 22.9. The maximum absolute atomic E-state index is 6.35. The van der Waals surface area contributed by atoms with Gasteiger partial charge in [-0.05, 0) is 97.4 Å². The quantitative estimate of drug-likeness (QED) is 0.255. The zero-order chi connectivity index (χ0) is 24.5. The van der Waals surface area contributed by atoms with E-state index >= 15 is 0 Å². The number of rotatable bonds is 6. The molecule has 0 radical (unpaired) electrons. The Kier molecular flexibility index (Phi) is 6.26. The van der Waals surface area contributed by atoms with Gasteiger partial charge in [0.25, 0.3) is 0 Å². The van der Waals surface area contributed by atoms with Gasteiger partial charge in [0.1, 0.15) is 12.4 Å². The number of aromatic nitrogens is 3. The fourth-order valence-electron chi connectivity index (χ4n) is 5.10. The van der Waals surface area contributed by atoms with Crippen molar-refractivity contribution < 1.29 is 4.74 Å². The molecule has 1 saturated heterocycles. The van der Waals surface area contributed by atoms with E-state index in [9.17, 15) is 0 Å². The highest BCUT2D eigenvalue weighted by Gasteiger charge is 2.16. The lowest BCUT2D eigenvalue weighted by Gasteiger charge is -2.17. The SMILES string of the molecule is Cc1ccc(Cl)cc1-c1cc(-c2ccc(OCCN3CCCC3)c3cnccc23)c2cccnc2n1. The molecule has 0 aliphatic carbocycles. The van der Waals surface area contributed by atoms with Gasteiger partial charge in [0, 0.05) is 46.5 Å². The van der Waals surface area contributed by atoms with Crippen LogP contribution in [-0.2, 0) is 0 Å². The van der Waals surface area contributed by atoms with Crippen molar-refractivity contribution in [2.45, 2.75) is 19.8 Å². The second kappa shape index (κ2) is 9.84. The summed E-state index contributed by atoms with van der Waals surface area (Å²) in [7, 11) is 0. The van der Waals surface area contributed by atoms with Gasteiger partial charge >= 0.3 is 0 Å². The molecule has 5 aromatic rings. The zero-order valence-electron chi connectivity index (χ0n) is 20.2. The van der Waals surface area contributed by atoms with Crippen LogP contribution in [-0.4, -0.2) is 46.1 Å². The predicted molar refractivity (Wildman–Crippen MR) is 147 cm³/mol. The van der Waals surface area contributed by atoms with Crippen molar-refractivity contribution in [3.8, 4) is 28.1 Å².